The van der Waals surface area contributed by atoms with Crippen LogP contribution in [-0.2, 0) is 11.3 Å². The van der Waals surface area contributed by atoms with E-state index in [0.29, 0.717) is 23.1 Å². The van der Waals surface area contributed by atoms with Crippen molar-refractivity contribution in [1.29, 1.82) is 0 Å². The minimum absolute atomic E-state index is 0.178. The number of methoxy groups -OCH3 is 1. The molecule has 1 heterocycles. The minimum Gasteiger partial charge on any atom is -0.493 e. The van der Waals surface area contributed by atoms with E-state index < -0.39 is 5.91 Å². The molecule has 3 aromatic rings. The third kappa shape index (κ3) is 4.53. The van der Waals surface area contributed by atoms with Crippen LogP contribution in [0.5, 0.6) is 11.5 Å². The number of carbonyl (C=O) groups excluding carboxylic acids is 1. The summed E-state index contributed by atoms with van der Waals surface area (Å²) in [5.74, 6) is 0.212. The van der Waals surface area contributed by atoms with Crippen LogP contribution in [0, 0.1) is 0 Å². The number of primary amides is 1. The molecular formula is C20H21ClN2O3S. The first kappa shape index (κ1) is 19.5. The van der Waals surface area contributed by atoms with Crippen molar-refractivity contribution in [3.63, 3.8) is 0 Å². The third-order valence-corrected chi connectivity index (χ3v) is 5.50. The second-order valence-electron chi connectivity index (χ2n) is 6.15. The van der Waals surface area contributed by atoms with E-state index in [1.165, 1.54) is 22.8 Å². The summed E-state index contributed by atoms with van der Waals surface area (Å²) in [7, 11) is 1.53. The molecule has 0 saturated carbocycles. The zero-order chi connectivity index (χ0) is 19.4. The molecule has 0 radical (unpaired) electrons. The normalized spacial score (nSPS) is 12.1. The average molecular weight is 405 g/mol. The first-order valence-corrected chi connectivity index (χ1v) is 9.72. The number of hydrogen-bond acceptors (Lipinski definition) is 5. The van der Waals surface area contributed by atoms with Crippen molar-refractivity contribution in [3.8, 4) is 11.5 Å². The molecule has 27 heavy (non-hydrogen) atoms. The highest BCUT2D eigenvalue weighted by molar-refractivity contribution is 7.17. The quantitative estimate of drug-likeness (QED) is 0.587. The molecule has 0 fully saturated rings. The van der Waals surface area contributed by atoms with Crippen LogP contribution >= 0.6 is 22.9 Å². The van der Waals surface area contributed by atoms with Crippen LogP contribution in [0.1, 0.15) is 24.1 Å². The summed E-state index contributed by atoms with van der Waals surface area (Å²) >= 11 is 8.05. The van der Waals surface area contributed by atoms with Gasteiger partial charge in [-0.1, -0.05) is 29.8 Å². The van der Waals surface area contributed by atoms with Gasteiger partial charge in [0.25, 0.3) is 5.91 Å². The average Bonchev–Trinajstić information content (AvgIpc) is 3.08. The van der Waals surface area contributed by atoms with E-state index in [4.69, 9.17) is 26.8 Å². The molecule has 5 nitrogen and oxygen atoms in total. The van der Waals surface area contributed by atoms with Gasteiger partial charge < -0.3 is 20.5 Å². The molecule has 1 unspecified atom stereocenters. The summed E-state index contributed by atoms with van der Waals surface area (Å²) < 4.78 is 12.0. The maximum absolute atomic E-state index is 10.9. The monoisotopic (exact) mass is 404 g/mol. The maximum Gasteiger partial charge on any atom is 0.255 e. The molecule has 142 valence electrons. The Balaban J connectivity index is 1.73. The number of fused-ring (bicyclic) bond motifs is 1. The number of carbonyl (C=O) groups is 1. The lowest BCUT2D eigenvalue weighted by Gasteiger charge is -2.16. The fraction of sp³-hybridized carbons (Fsp3) is 0.250. The van der Waals surface area contributed by atoms with Gasteiger partial charge in [0.05, 0.1) is 12.1 Å². The Morgan fingerprint density at radius 3 is 2.85 bits per heavy atom. The van der Waals surface area contributed by atoms with Gasteiger partial charge in [-0.15, -0.1) is 11.3 Å². The lowest BCUT2D eigenvalue weighted by atomic mass is 10.1. The summed E-state index contributed by atoms with van der Waals surface area (Å²) in [6.45, 7) is 2.49. The van der Waals surface area contributed by atoms with Crippen LogP contribution in [0.4, 0.5) is 0 Å². The lowest BCUT2D eigenvalue weighted by molar-refractivity contribution is -0.119. The molecular weight excluding hydrogens is 384 g/mol. The SMILES string of the molecule is COc1cc(CNC(C)c2csc3ccccc23)cc(Cl)c1OCC(N)=O. The highest BCUT2D eigenvalue weighted by Gasteiger charge is 2.15. The predicted molar refractivity (Wildman–Crippen MR) is 110 cm³/mol. The first-order chi connectivity index (χ1) is 13.0. The molecule has 3 rings (SSSR count). The van der Waals surface area contributed by atoms with Gasteiger partial charge in [-0.05, 0) is 47.0 Å². The van der Waals surface area contributed by atoms with Crippen molar-refractivity contribution in [2.45, 2.75) is 19.5 Å². The Morgan fingerprint density at radius 1 is 1.33 bits per heavy atom. The number of amides is 1. The molecule has 1 aromatic heterocycles. The van der Waals surface area contributed by atoms with Gasteiger partial charge >= 0.3 is 0 Å². The highest BCUT2D eigenvalue weighted by atomic mass is 35.5. The number of benzene rings is 2. The second kappa shape index (κ2) is 8.61. The molecule has 0 spiro atoms. The highest BCUT2D eigenvalue weighted by Crippen LogP contribution is 2.37. The number of nitrogens with two attached hydrogens (primary N) is 1. The summed E-state index contributed by atoms with van der Waals surface area (Å²) in [6.07, 6.45) is 0. The molecule has 7 heteroatoms. The minimum atomic E-state index is -0.573. The van der Waals surface area contributed by atoms with Crippen molar-refractivity contribution in [3.05, 3.63) is 57.9 Å². The second-order valence-corrected chi connectivity index (χ2v) is 7.47. The zero-order valence-corrected chi connectivity index (χ0v) is 16.7. The Hall–Kier alpha value is -2.28. The predicted octanol–water partition coefficient (Wildman–Crippen LogP) is 4.28. The number of hydrogen-bond donors (Lipinski definition) is 2. The van der Waals surface area contributed by atoms with Crippen LogP contribution in [0.2, 0.25) is 5.02 Å². The molecule has 1 amide bonds. The van der Waals surface area contributed by atoms with E-state index in [2.05, 4.69) is 41.9 Å². The van der Waals surface area contributed by atoms with Crippen LogP contribution in [0.3, 0.4) is 0 Å². The molecule has 1 atom stereocenters. The Labute approximate surface area is 167 Å². The molecule has 0 aliphatic rings. The van der Waals surface area contributed by atoms with Gasteiger partial charge in [0.15, 0.2) is 18.1 Å². The van der Waals surface area contributed by atoms with Crippen molar-refractivity contribution < 1.29 is 14.3 Å². The summed E-state index contributed by atoms with van der Waals surface area (Å²) in [4.78, 5) is 10.9. The molecule has 0 aliphatic carbocycles. The number of rotatable bonds is 8. The molecule has 3 N–H and O–H groups in total. The maximum atomic E-state index is 10.9. The molecule has 0 bridgehead atoms. The van der Waals surface area contributed by atoms with Crippen molar-refractivity contribution in [2.75, 3.05) is 13.7 Å². The molecule has 0 saturated heterocycles. The van der Waals surface area contributed by atoms with E-state index in [-0.39, 0.29) is 12.6 Å². The standard InChI is InChI=1S/C20H21ClN2O3S/c1-12(15-11-27-18-6-4-3-5-14(15)18)23-9-13-7-16(21)20(17(8-13)25-2)26-10-19(22)24/h3-8,11-12,23H,9-10H2,1-2H3,(H2,22,24). The van der Waals surface area contributed by atoms with Gasteiger partial charge in [-0.2, -0.15) is 0 Å². The smallest absolute Gasteiger partial charge is 0.255 e. The van der Waals surface area contributed by atoms with Gasteiger partial charge in [0, 0.05) is 17.3 Å². The van der Waals surface area contributed by atoms with Crippen molar-refractivity contribution in [2.24, 2.45) is 5.73 Å². The van der Waals surface area contributed by atoms with Crippen LogP contribution in [-0.4, -0.2) is 19.6 Å². The summed E-state index contributed by atoms with van der Waals surface area (Å²) in [6, 6.07) is 12.2. The van der Waals surface area contributed by atoms with E-state index in [9.17, 15) is 4.79 Å². The summed E-state index contributed by atoms with van der Waals surface area (Å²) in [5, 5.41) is 7.36. The fourth-order valence-corrected chi connectivity index (χ4v) is 4.22. The van der Waals surface area contributed by atoms with Gasteiger partial charge in [0.2, 0.25) is 0 Å². The van der Waals surface area contributed by atoms with E-state index >= 15 is 0 Å². The number of halogens is 1. The van der Waals surface area contributed by atoms with E-state index in [1.54, 1.807) is 17.4 Å². The van der Waals surface area contributed by atoms with Gasteiger partial charge in [0.1, 0.15) is 0 Å². The first-order valence-electron chi connectivity index (χ1n) is 8.46. The molecule has 0 aliphatic heterocycles. The van der Waals surface area contributed by atoms with Crippen molar-refractivity contribution >= 4 is 38.9 Å². The largest absolute Gasteiger partial charge is 0.493 e. The fourth-order valence-electron chi connectivity index (χ4n) is 2.87. The van der Waals surface area contributed by atoms with Gasteiger partial charge in [-0.25, -0.2) is 0 Å². The van der Waals surface area contributed by atoms with Crippen LogP contribution < -0.4 is 20.5 Å². The number of thiophene rings is 1. The summed E-state index contributed by atoms with van der Waals surface area (Å²) in [5.41, 5.74) is 7.35. The number of nitrogens with one attached hydrogen (secondary N) is 1. The van der Waals surface area contributed by atoms with E-state index in [1.807, 2.05) is 6.07 Å². The topological polar surface area (TPSA) is 73.6 Å². The number of ether oxygens (including phenoxy) is 2. The van der Waals surface area contributed by atoms with Gasteiger partial charge in [-0.3, -0.25) is 4.79 Å². The van der Waals surface area contributed by atoms with Crippen LogP contribution in [0.25, 0.3) is 10.1 Å². The Bertz CT molecular complexity index is 958. The third-order valence-electron chi connectivity index (χ3n) is 4.24. The van der Waals surface area contributed by atoms with Crippen LogP contribution in [0.15, 0.2) is 41.8 Å². The lowest BCUT2D eigenvalue weighted by Crippen LogP contribution is -2.20. The zero-order valence-electron chi connectivity index (χ0n) is 15.1. The Morgan fingerprint density at radius 2 is 2.11 bits per heavy atom. The Kier molecular flexibility index (Phi) is 6.21. The molecule has 2 aromatic carbocycles. The van der Waals surface area contributed by atoms with E-state index in [0.717, 1.165) is 5.56 Å². The van der Waals surface area contributed by atoms with Crippen molar-refractivity contribution in [1.82, 2.24) is 5.32 Å².